The fourth-order valence-corrected chi connectivity index (χ4v) is 1.00. The standard InChI is InChI=1S/C8H10FNO/c9-8-4-2-1-3-7(8)5-10-6-11/h3-4,6H,1-2,5H2,(H,10,11). The minimum Gasteiger partial charge on any atom is -0.355 e. The lowest BCUT2D eigenvalue weighted by molar-refractivity contribution is -0.109. The lowest BCUT2D eigenvalue weighted by atomic mass is 10.1. The summed E-state index contributed by atoms with van der Waals surface area (Å²) in [4.78, 5) is 9.87. The van der Waals surface area contributed by atoms with Crippen LogP contribution in [0.3, 0.4) is 0 Å². The summed E-state index contributed by atoms with van der Waals surface area (Å²) in [6.45, 7) is 0.297. The molecule has 0 aromatic carbocycles. The summed E-state index contributed by atoms with van der Waals surface area (Å²) in [6, 6.07) is 0. The highest BCUT2D eigenvalue weighted by Gasteiger charge is 2.06. The minimum atomic E-state index is -0.203. The van der Waals surface area contributed by atoms with Gasteiger partial charge in [-0.2, -0.15) is 0 Å². The molecule has 1 aliphatic rings. The van der Waals surface area contributed by atoms with Gasteiger partial charge in [-0.05, 0) is 18.9 Å². The van der Waals surface area contributed by atoms with Crippen molar-refractivity contribution < 1.29 is 9.18 Å². The molecular formula is C8H10FNO. The maximum Gasteiger partial charge on any atom is 0.207 e. The Morgan fingerprint density at radius 2 is 2.27 bits per heavy atom. The number of halogens is 1. The van der Waals surface area contributed by atoms with E-state index in [0.717, 1.165) is 12.8 Å². The third kappa shape index (κ3) is 2.18. The lowest BCUT2D eigenvalue weighted by Crippen LogP contribution is -2.15. The highest BCUT2D eigenvalue weighted by atomic mass is 19.1. The van der Waals surface area contributed by atoms with Crippen molar-refractivity contribution in [1.29, 1.82) is 0 Å². The molecule has 0 radical (unpaired) electrons. The lowest BCUT2D eigenvalue weighted by Gasteiger charge is -2.07. The van der Waals surface area contributed by atoms with E-state index >= 15 is 0 Å². The number of rotatable bonds is 3. The predicted octanol–water partition coefficient (Wildman–Crippen LogP) is 1.31. The molecule has 11 heavy (non-hydrogen) atoms. The number of hydrogen-bond acceptors (Lipinski definition) is 1. The van der Waals surface area contributed by atoms with Crippen LogP contribution in [0.25, 0.3) is 0 Å². The minimum absolute atomic E-state index is 0.203. The SMILES string of the molecule is O=CNCC1=CCCC=C1F. The van der Waals surface area contributed by atoms with Crippen molar-refractivity contribution in [3.8, 4) is 0 Å². The molecule has 0 aliphatic heterocycles. The van der Waals surface area contributed by atoms with Crippen LogP contribution in [0.4, 0.5) is 4.39 Å². The largest absolute Gasteiger partial charge is 0.355 e. The monoisotopic (exact) mass is 155 g/mol. The molecule has 0 saturated heterocycles. The van der Waals surface area contributed by atoms with Gasteiger partial charge in [-0.3, -0.25) is 4.79 Å². The van der Waals surface area contributed by atoms with Gasteiger partial charge in [-0.25, -0.2) is 4.39 Å². The van der Waals surface area contributed by atoms with Gasteiger partial charge in [0.2, 0.25) is 6.41 Å². The average Bonchev–Trinajstić information content (AvgIpc) is 2.03. The van der Waals surface area contributed by atoms with Gasteiger partial charge in [0.25, 0.3) is 0 Å². The van der Waals surface area contributed by atoms with E-state index in [1.807, 2.05) is 6.08 Å². The van der Waals surface area contributed by atoms with Crippen molar-refractivity contribution in [2.24, 2.45) is 0 Å². The molecule has 0 fully saturated rings. The van der Waals surface area contributed by atoms with Crippen molar-refractivity contribution in [2.75, 3.05) is 6.54 Å². The Balaban J connectivity index is 2.49. The smallest absolute Gasteiger partial charge is 0.207 e. The zero-order valence-electron chi connectivity index (χ0n) is 6.14. The fourth-order valence-electron chi connectivity index (χ4n) is 1.00. The third-order valence-electron chi connectivity index (χ3n) is 1.56. The number of allylic oxidation sites excluding steroid dienone is 2. The van der Waals surface area contributed by atoms with Crippen molar-refractivity contribution in [1.82, 2.24) is 5.32 Å². The molecule has 1 rings (SSSR count). The zero-order chi connectivity index (χ0) is 8.10. The quantitative estimate of drug-likeness (QED) is 0.611. The van der Waals surface area contributed by atoms with Crippen LogP contribution in [0, 0.1) is 0 Å². The maximum atomic E-state index is 12.8. The molecule has 0 heterocycles. The van der Waals surface area contributed by atoms with E-state index in [0.29, 0.717) is 18.5 Å². The van der Waals surface area contributed by atoms with Crippen molar-refractivity contribution in [3.63, 3.8) is 0 Å². The van der Waals surface area contributed by atoms with Gasteiger partial charge in [0.05, 0.1) is 0 Å². The molecular weight excluding hydrogens is 145 g/mol. The number of hydrogen-bond donors (Lipinski definition) is 1. The molecule has 2 nitrogen and oxygen atoms in total. The summed E-state index contributed by atoms with van der Waals surface area (Å²) in [7, 11) is 0. The summed E-state index contributed by atoms with van der Waals surface area (Å²) in [6.07, 6.45) is 5.55. The third-order valence-corrected chi connectivity index (χ3v) is 1.56. The van der Waals surface area contributed by atoms with E-state index in [1.54, 1.807) is 6.08 Å². The van der Waals surface area contributed by atoms with Gasteiger partial charge in [0.1, 0.15) is 5.83 Å². The Labute approximate surface area is 64.8 Å². The maximum absolute atomic E-state index is 12.8. The van der Waals surface area contributed by atoms with Crippen molar-refractivity contribution >= 4 is 6.41 Å². The first kappa shape index (κ1) is 7.98. The molecule has 0 unspecified atom stereocenters. The van der Waals surface area contributed by atoms with Gasteiger partial charge in [-0.15, -0.1) is 0 Å². The molecule has 0 bridgehead atoms. The molecule has 1 N–H and O–H groups in total. The summed E-state index contributed by atoms with van der Waals surface area (Å²) in [5.41, 5.74) is 0.586. The van der Waals surface area contributed by atoms with Crippen LogP contribution in [-0.2, 0) is 4.79 Å². The van der Waals surface area contributed by atoms with Gasteiger partial charge in [0, 0.05) is 12.1 Å². The molecule has 0 saturated carbocycles. The van der Waals surface area contributed by atoms with E-state index in [4.69, 9.17) is 0 Å². The van der Waals surface area contributed by atoms with Crippen LogP contribution >= 0.6 is 0 Å². The van der Waals surface area contributed by atoms with Crippen LogP contribution < -0.4 is 5.32 Å². The van der Waals surface area contributed by atoms with E-state index in [-0.39, 0.29) is 5.83 Å². The molecule has 0 spiro atoms. The van der Waals surface area contributed by atoms with E-state index < -0.39 is 0 Å². The van der Waals surface area contributed by atoms with Crippen molar-refractivity contribution in [2.45, 2.75) is 12.8 Å². The van der Waals surface area contributed by atoms with Crippen LogP contribution in [0.1, 0.15) is 12.8 Å². The summed E-state index contributed by atoms with van der Waals surface area (Å²) in [5.74, 6) is -0.203. The highest BCUT2D eigenvalue weighted by Crippen LogP contribution is 2.18. The molecule has 0 atom stereocenters. The molecule has 1 amide bonds. The van der Waals surface area contributed by atoms with Gasteiger partial charge in [0.15, 0.2) is 0 Å². The Morgan fingerprint density at radius 3 is 2.91 bits per heavy atom. The average molecular weight is 155 g/mol. The van der Waals surface area contributed by atoms with E-state index in [1.165, 1.54) is 0 Å². The zero-order valence-corrected chi connectivity index (χ0v) is 6.14. The van der Waals surface area contributed by atoms with Gasteiger partial charge < -0.3 is 5.32 Å². The first-order valence-electron chi connectivity index (χ1n) is 3.56. The van der Waals surface area contributed by atoms with Crippen LogP contribution in [0.2, 0.25) is 0 Å². The Bertz CT molecular complexity index is 208. The Morgan fingerprint density at radius 1 is 1.55 bits per heavy atom. The number of nitrogens with one attached hydrogen (secondary N) is 1. The number of carbonyl (C=O) groups excluding carboxylic acids is 1. The number of carbonyl (C=O) groups is 1. The summed E-state index contributed by atoms with van der Waals surface area (Å²) >= 11 is 0. The van der Waals surface area contributed by atoms with Crippen molar-refractivity contribution in [3.05, 3.63) is 23.6 Å². The summed E-state index contributed by atoms with van der Waals surface area (Å²) in [5, 5.41) is 2.42. The second kappa shape index (κ2) is 3.91. The Kier molecular flexibility index (Phi) is 2.83. The normalized spacial score (nSPS) is 16.8. The van der Waals surface area contributed by atoms with Gasteiger partial charge in [-0.1, -0.05) is 6.08 Å². The first-order valence-corrected chi connectivity index (χ1v) is 3.56. The Hall–Kier alpha value is -1.12. The topological polar surface area (TPSA) is 29.1 Å². The predicted molar refractivity (Wildman–Crippen MR) is 40.6 cm³/mol. The molecule has 1 aliphatic carbocycles. The molecule has 60 valence electrons. The molecule has 0 aromatic heterocycles. The molecule has 3 heteroatoms. The first-order chi connectivity index (χ1) is 5.34. The molecule has 0 aromatic rings. The highest BCUT2D eigenvalue weighted by molar-refractivity contribution is 5.47. The number of amides is 1. The van der Waals surface area contributed by atoms with Crippen LogP contribution in [0.15, 0.2) is 23.6 Å². The second-order valence-corrected chi connectivity index (χ2v) is 2.36. The van der Waals surface area contributed by atoms with E-state index in [9.17, 15) is 9.18 Å². The van der Waals surface area contributed by atoms with Crippen LogP contribution in [0.5, 0.6) is 0 Å². The fraction of sp³-hybridized carbons (Fsp3) is 0.375. The second-order valence-electron chi connectivity index (χ2n) is 2.36. The van der Waals surface area contributed by atoms with Crippen LogP contribution in [-0.4, -0.2) is 13.0 Å². The van der Waals surface area contributed by atoms with Gasteiger partial charge >= 0.3 is 0 Å². The summed E-state index contributed by atoms with van der Waals surface area (Å²) < 4.78 is 12.8. The van der Waals surface area contributed by atoms with E-state index in [2.05, 4.69) is 5.32 Å².